The lowest BCUT2D eigenvalue weighted by Gasteiger charge is -2.10. The van der Waals surface area contributed by atoms with Gasteiger partial charge in [-0.3, -0.25) is 0 Å². The van der Waals surface area contributed by atoms with Crippen molar-refractivity contribution in [3.05, 3.63) is 36.4 Å². The quantitative estimate of drug-likeness (QED) is 0.679. The Morgan fingerprint density at radius 3 is 2.96 bits per heavy atom. The van der Waals surface area contributed by atoms with E-state index in [0.717, 1.165) is 48.3 Å². The molecule has 7 nitrogen and oxygen atoms in total. The summed E-state index contributed by atoms with van der Waals surface area (Å²) in [4.78, 5) is 12.9. The Labute approximate surface area is 163 Å². The van der Waals surface area contributed by atoms with Gasteiger partial charge in [-0.2, -0.15) is 0 Å². The molecule has 0 radical (unpaired) electrons. The average Bonchev–Trinajstić information content (AvgIpc) is 3.28. The smallest absolute Gasteiger partial charge is 0.220 e. The van der Waals surface area contributed by atoms with Gasteiger partial charge in [0.25, 0.3) is 0 Å². The number of hydrogen-bond acceptors (Lipinski definition) is 6. The topological polar surface area (TPSA) is 99.1 Å². The summed E-state index contributed by atoms with van der Waals surface area (Å²) in [6, 6.07) is 3.78. The molecule has 3 aromatic heterocycles. The van der Waals surface area contributed by atoms with Gasteiger partial charge in [-0.15, -0.1) is 0 Å². The highest BCUT2D eigenvalue weighted by Gasteiger charge is 2.19. The van der Waals surface area contributed by atoms with E-state index in [0.29, 0.717) is 11.6 Å². The lowest BCUT2D eigenvalue weighted by Crippen LogP contribution is -2.14. The molecule has 1 aliphatic rings. The van der Waals surface area contributed by atoms with E-state index >= 15 is 0 Å². The fourth-order valence-corrected chi connectivity index (χ4v) is 3.36. The van der Waals surface area contributed by atoms with E-state index in [1.165, 1.54) is 0 Å². The molecule has 1 atom stereocenters. The van der Waals surface area contributed by atoms with Gasteiger partial charge < -0.3 is 20.1 Å². The molecule has 1 aliphatic heterocycles. The lowest BCUT2D eigenvalue weighted by atomic mass is 10.1. The van der Waals surface area contributed by atoms with Crippen molar-refractivity contribution >= 4 is 16.9 Å². The second-order valence-corrected chi connectivity index (χ2v) is 7.62. The van der Waals surface area contributed by atoms with Crippen LogP contribution in [0.5, 0.6) is 0 Å². The van der Waals surface area contributed by atoms with E-state index in [1.54, 1.807) is 20.0 Å². The first kappa shape index (κ1) is 18.4. The molecule has 4 rings (SSSR count). The number of ether oxygens (including phenoxy) is 1. The Bertz CT molecular complexity index is 1070. The first-order chi connectivity index (χ1) is 13.4. The van der Waals surface area contributed by atoms with Gasteiger partial charge in [-0.05, 0) is 38.3 Å². The first-order valence-electron chi connectivity index (χ1n) is 9.30. The number of hydrogen-bond donors (Lipinski definition) is 2. The molecule has 7 heteroatoms. The van der Waals surface area contributed by atoms with Gasteiger partial charge in [0.2, 0.25) is 5.95 Å². The SMILES string of the molecule is CC(C)(O)C#Cc1cc2c(-c3ccnc(N)n3)cn(CC3CCOC3)c2cn1. The molecule has 144 valence electrons. The average molecular weight is 377 g/mol. The lowest BCUT2D eigenvalue weighted by molar-refractivity contribution is 0.143. The summed E-state index contributed by atoms with van der Waals surface area (Å²) in [7, 11) is 0. The molecule has 3 N–H and O–H groups in total. The Kier molecular flexibility index (Phi) is 4.75. The molecular weight excluding hydrogens is 354 g/mol. The maximum atomic E-state index is 9.87. The van der Waals surface area contributed by atoms with Crippen LogP contribution >= 0.6 is 0 Å². The molecule has 1 saturated heterocycles. The molecule has 3 aromatic rings. The number of nitrogens with zero attached hydrogens (tertiary/aromatic N) is 4. The van der Waals surface area contributed by atoms with Crippen molar-refractivity contribution in [2.75, 3.05) is 18.9 Å². The van der Waals surface area contributed by atoms with Crippen LogP contribution in [0.25, 0.3) is 22.2 Å². The van der Waals surface area contributed by atoms with Crippen molar-refractivity contribution < 1.29 is 9.84 Å². The zero-order chi connectivity index (χ0) is 19.7. The van der Waals surface area contributed by atoms with Crippen LogP contribution in [0.1, 0.15) is 26.0 Å². The first-order valence-corrected chi connectivity index (χ1v) is 9.30. The summed E-state index contributed by atoms with van der Waals surface area (Å²) in [6.45, 7) is 5.74. The Balaban J connectivity index is 1.83. The van der Waals surface area contributed by atoms with Crippen molar-refractivity contribution in [3.8, 4) is 23.1 Å². The van der Waals surface area contributed by atoms with Crippen LogP contribution in [-0.4, -0.2) is 43.4 Å². The fraction of sp³-hybridized carbons (Fsp3) is 0.381. The summed E-state index contributed by atoms with van der Waals surface area (Å²) >= 11 is 0. The number of pyridine rings is 1. The van der Waals surface area contributed by atoms with Gasteiger partial charge in [0.05, 0.1) is 24.0 Å². The molecule has 4 heterocycles. The fourth-order valence-electron chi connectivity index (χ4n) is 3.36. The molecular formula is C21H23N5O2. The van der Waals surface area contributed by atoms with Crippen molar-refractivity contribution in [2.45, 2.75) is 32.4 Å². The summed E-state index contributed by atoms with van der Waals surface area (Å²) in [5.74, 6) is 6.48. The highest BCUT2D eigenvalue weighted by Crippen LogP contribution is 2.31. The molecule has 0 amide bonds. The number of aromatic nitrogens is 4. The maximum absolute atomic E-state index is 9.87. The molecule has 0 saturated carbocycles. The predicted octanol–water partition coefficient (Wildman–Crippen LogP) is 2.23. The molecule has 0 aliphatic carbocycles. The largest absolute Gasteiger partial charge is 0.381 e. The van der Waals surface area contributed by atoms with Crippen LogP contribution in [0, 0.1) is 17.8 Å². The highest BCUT2D eigenvalue weighted by molar-refractivity contribution is 5.95. The van der Waals surface area contributed by atoms with Crippen LogP contribution in [0.2, 0.25) is 0 Å². The zero-order valence-corrected chi connectivity index (χ0v) is 16.0. The zero-order valence-electron chi connectivity index (χ0n) is 16.0. The maximum Gasteiger partial charge on any atom is 0.220 e. The number of nitrogen functional groups attached to an aromatic ring is 1. The van der Waals surface area contributed by atoms with Crippen LogP contribution in [0.3, 0.4) is 0 Å². The summed E-state index contributed by atoms with van der Waals surface area (Å²) in [5, 5.41) is 10.9. The minimum Gasteiger partial charge on any atom is -0.381 e. The Morgan fingerprint density at radius 2 is 2.25 bits per heavy atom. The standard InChI is InChI=1S/C21H23N5O2/c1-21(2,27)6-3-15-9-16-17(18-4-7-23-20(22)25-18)12-26(19(16)10-24-15)11-14-5-8-28-13-14/h4,7,9-10,12,14,27H,5,8,11,13H2,1-2H3,(H2,22,23,25). The van der Waals surface area contributed by atoms with E-state index in [4.69, 9.17) is 10.5 Å². The Morgan fingerprint density at radius 1 is 1.39 bits per heavy atom. The normalized spacial score (nSPS) is 16.9. The second kappa shape index (κ2) is 7.23. The Hall–Kier alpha value is -2.95. The van der Waals surface area contributed by atoms with E-state index in [1.807, 2.05) is 18.3 Å². The van der Waals surface area contributed by atoms with Gasteiger partial charge >= 0.3 is 0 Å². The van der Waals surface area contributed by atoms with E-state index in [9.17, 15) is 5.11 Å². The highest BCUT2D eigenvalue weighted by atomic mass is 16.5. The monoisotopic (exact) mass is 377 g/mol. The number of fused-ring (bicyclic) bond motifs is 1. The van der Waals surface area contributed by atoms with Gasteiger partial charge in [0, 0.05) is 42.4 Å². The van der Waals surface area contributed by atoms with E-state index in [2.05, 4.69) is 37.6 Å². The summed E-state index contributed by atoms with van der Waals surface area (Å²) < 4.78 is 7.72. The van der Waals surface area contributed by atoms with Gasteiger partial charge in [-0.25, -0.2) is 15.0 Å². The number of aliphatic hydroxyl groups is 1. The van der Waals surface area contributed by atoms with Gasteiger partial charge in [0.1, 0.15) is 11.3 Å². The molecule has 1 unspecified atom stereocenters. The number of anilines is 1. The molecule has 1 fully saturated rings. The van der Waals surface area contributed by atoms with E-state index < -0.39 is 5.60 Å². The summed E-state index contributed by atoms with van der Waals surface area (Å²) in [5.41, 5.74) is 8.04. The van der Waals surface area contributed by atoms with Crippen LogP contribution in [0.4, 0.5) is 5.95 Å². The van der Waals surface area contributed by atoms with Crippen molar-refractivity contribution in [3.63, 3.8) is 0 Å². The van der Waals surface area contributed by atoms with Crippen molar-refractivity contribution in [1.82, 2.24) is 19.5 Å². The van der Waals surface area contributed by atoms with Crippen molar-refractivity contribution in [1.29, 1.82) is 0 Å². The third kappa shape index (κ3) is 3.98. The number of rotatable bonds is 3. The van der Waals surface area contributed by atoms with E-state index in [-0.39, 0.29) is 5.95 Å². The second-order valence-electron chi connectivity index (χ2n) is 7.62. The molecule has 28 heavy (non-hydrogen) atoms. The minimum atomic E-state index is -1.07. The summed E-state index contributed by atoms with van der Waals surface area (Å²) in [6.07, 6.45) is 6.62. The van der Waals surface area contributed by atoms with Crippen LogP contribution in [0.15, 0.2) is 30.7 Å². The predicted molar refractivity (Wildman–Crippen MR) is 107 cm³/mol. The third-order valence-corrected chi connectivity index (χ3v) is 4.69. The molecule has 0 aromatic carbocycles. The molecule has 0 bridgehead atoms. The third-order valence-electron chi connectivity index (χ3n) is 4.69. The molecule has 0 spiro atoms. The van der Waals surface area contributed by atoms with Crippen LogP contribution < -0.4 is 5.73 Å². The van der Waals surface area contributed by atoms with Gasteiger partial charge in [-0.1, -0.05) is 5.92 Å². The van der Waals surface area contributed by atoms with Gasteiger partial charge in [0.15, 0.2) is 0 Å². The van der Waals surface area contributed by atoms with Crippen molar-refractivity contribution in [2.24, 2.45) is 5.92 Å². The number of nitrogens with two attached hydrogens (primary N) is 1. The minimum absolute atomic E-state index is 0.235. The van der Waals surface area contributed by atoms with Crippen LogP contribution in [-0.2, 0) is 11.3 Å².